The zero-order chi connectivity index (χ0) is 40.0. The molecule has 0 amide bonds. The molecule has 0 aliphatic carbocycles. The summed E-state index contributed by atoms with van der Waals surface area (Å²) in [6.45, 7) is 4.71. The summed E-state index contributed by atoms with van der Waals surface area (Å²) in [4.78, 5) is 36.8. The van der Waals surface area contributed by atoms with E-state index in [-0.39, 0.29) is 36.2 Å². The molecule has 0 rings (SSSR count). The summed E-state index contributed by atoms with van der Waals surface area (Å²) in [5.41, 5.74) is 0. The van der Waals surface area contributed by atoms with Crippen LogP contribution in [0.25, 0.3) is 0 Å². The highest BCUT2D eigenvalue weighted by molar-refractivity contribution is 5.72. The van der Waals surface area contributed by atoms with Gasteiger partial charge in [-0.2, -0.15) is 0 Å². The van der Waals surface area contributed by atoms with Crippen LogP contribution in [-0.4, -0.2) is 80.6 Å². The van der Waals surface area contributed by atoms with Crippen molar-refractivity contribution in [1.82, 2.24) is 0 Å². The van der Waals surface area contributed by atoms with Gasteiger partial charge in [-0.1, -0.05) is 167 Å². The van der Waals surface area contributed by atoms with Crippen molar-refractivity contribution in [1.29, 1.82) is 0 Å². The smallest absolute Gasteiger partial charge is 0.362 e. The fraction of sp³-hybridized carbons (Fsp3) is 0.891. The van der Waals surface area contributed by atoms with E-state index in [1.165, 1.54) is 141 Å². The Hall–Kier alpha value is -1.93. The molecule has 0 radical (unpaired) electrons. The van der Waals surface area contributed by atoms with Gasteiger partial charge < -0.3 is 23.8 Å². The number of esters is 2. The van der Waals surface area contributed by atoms with E-state index in [0.29, 0.717) is 19.3 Å². The number of quaternary nitrogens is 1. The van der Waals surface area contributed by atoms with Gasteiger partial charge in [-0.15, -0.1) is 0 Å². The molecule has 0 saturated heterocycles. The van der Waals surface area contributed by atoms with Crippen molar-refractivity contribution in [2.45, 2.75) is 225 Å². The largest absolute Gasteiger partial charge is 0.477 e. The summed E-state index contributed by atoms with van der Waals surface area (Å²) in [5.74, 6) is -1.47. The maximum absolute atomic E-state index is 12.7. The number of aliphatic carboxylic acids is 1. The third-order valence-corrected chi connectivity index (χ3v) is 10.4. The van der Waals surface area contributed by atoms with Gasteiger partial charge >= 0.3 is 17.9 Å². The maximum Gasteiger partial charge on any atom is 0.362 e. The molecule has 0 fully saturated rings. The fourth-order valence-corrected chi connectivity index (χ4v) is 6.85. The first kappa shape index (κ1) is 52.1. The number of hydrogen-bond acceptors (Lipinski definition) is 6. The molecular formula is C46H88NO7+. The lowest BCUT2D eigenvalue weighted by Gasteiger charge is -2.31. The quantitative estimate of drug-likeness (QED) is 0.0286. The Labute approximate surface area is 333 Å². The lowest BCUT2D eigenvalue weighted by Crippen LogP contribution is -2.50. The molecule has 2 unspecified atom stereocenters. The SMILES string of the molecule is CCCCCCCCCCCCCC/C=C/CCCCCCCCCC(=O)OC(COCCC(C(=O)O)[N+](C)(C)C)COC(=O)CCCCCCCCC. The van der Waals surface area contributed by atoms with Crippen molar-refractivity contribution in [2.75, 3.05) is 41.0 Å². The third kappa shape index (κ3) is 35.8. The Morgan fingerprint density at radius 1 is 0.537 bits per heavy atom. The average Bonchev–Trinajstić information content (AvgIpc) is 3.12. The van der Waals surface area contributed by atoms with E-state index in [0.717, 1.165) is 38.5 Å². The van der Waals surface area contributed by atoms with Crippen molar-refractivity contribution in [3.63, 3.8) is 0 Å². The van der Waals surface area contributed by atoms with E-state index in [9.17, 15) is 19.5 Å². The van der Waals surface area contributed by atoms with Gasteiger partial charge in [-0.25, -0.2) is 4.79 Å². The van der Waals surface area contributed by atoms with Crippen molar-refractivity contribution < 1.29 is 38.2 Å². The van der Waals surface area contributed by atoms with Gasteiger partial charge in [0.1, 0.15) is 6.61 Å². The number of rotatable bonds is 41. The van der Waals surface area contributed by atoms with Gasteiger partial charge in [0.25, 0.3) is 0 Å². The number of carboxylic acid groups (broad SMARTS) is 1. The number of likely N-dealkylation sites (N-methyl/N-ethyl adjacent to an activating group) is 1. The Morgan fingerprint density at radius 2 is 0.926 bits per heavy atom. The van der Waals surface area contributed by atoms with Crippen molar-refractivity contribution in [3.8, 4) is 0 Å². The molecule has 0 aromatic rings. The first-order chi connectivity index (χ1) is 26.1. The van der Waals surface area contributed by atoms with Crippen molar-refractivity contribution >= 4 is 17.9 Å². The zero-order valence-electron chi connectivity index (χ0n) is 36.2. The summed E-state index contributed by atoms with van der Waals surface area (Å²) in [5, 5.41) is 9.59. The standard InChI is InChI=1S/C46H87NO7/c1-6-8-10-12-14-15-16-17-18-19-20-21-22-23-24-25-26-27-28-29-31-33-35-37-45(49)54-42(40-52-39-38-43(46(50)51)47(3,4)5)41-53-44(48)36-34-32-30-13-11-9-7-2/h23-24,42-43H,6-22,25-41H2,1-5H3/p+1/b24-23+. The molecule has 0 aromatic carbocycles. The van der Waals surface area contributed by atoms with Crippen LogP contribution >= 0.6 is 0 Å². The van der Waals surface area contributed by atoms with E-state index in [1.54, 1.807) is 0 Å². The first-order valence-corrected chi connectivity index (χ1v) is 22.7. The maximum atomic E-state index is 12.7. The normalized spacial score (nSPS) is 13.0. The van der Waals surface area contributed by atoms with Crippen molar-refractivity contribution in [2.24, 2.45) is 0 Å². The number of carboxylic acids is 1. The summed E-state index contributed by atoms with van der Waals surface area (Å²) >= 11 is 0. The highest BCUT2D eigenvalue weighted by atomic mass is 16.6. The Bertz CT molecular complexity index is 900. The minimum Gasteiger partial charge on any atom is -0.477 e. The molecule has 0 spiro atoms. The van der Waals surface area contributed by atoms with Gasteiger partial charge in [0, 0.05) is 19.3 Å². The fourth-order valence-electron chi connectivity index (χ4n) is 6.85. The molecule has 8 heteroatoms. The van der Waals surface area contributed by atoms with Gasteiger partial charge in [0.2, 0.25) is 0 Å². The van der Waals surface area contributed by atoms with Crippen LogP contribution in [0.15, 0.2) is 12.2 Å². The molecule has 1 N–H and O–H groups in total. The molecule has 0 aliphatic rings. The lowest BCUT2D eigenvalue weighted by molar-refractivity contribution is -0.887. The van der Waals surface area contributed by atoms with Crippen LogP contribution in [-0.2, 0) is 28.6 Å². The highest BCUT2D eigenvalue weighted by Crippen LogP contribution is 2.15. The second kappa shape index (κ2) is 38.0. The summed E-state index contributed by atoms with van der Waals surface area (Å²) < 4.78 is 17.2. The van der Waals surface area contributed by atoms with Gasteiger partial charge in [0.15, 0.2) is 12.1 Å². The van der Waals surface area contributed by atoms with Crippen LogP contribution in [0.3, 0.4) is 0 Å². The van der Waals surface area contributed by atoms with E-state index in [2.05, 4.69) is 26.0 Å². The summed E-state index contributed by atoms with van der Waals surface area (Å²) in [7, 11) is 5.52. The molecule has 0 bridgehead atoms. The molecule has 2 atom stereocenters. The molecule has 0 aliphatic heterocycles. The second-order valence-electron chi connectivity index (χ2n) is 16.7. The number of allylic oxidation sites excluding steroid dienone is 2. The predicted molar refractivity (Wildman–Crippen MR) is 225 cm³/mol. The van der Waals surface area contributed by atoms with Crippen LogP contribution in [0.4, 0.5) is 0 Å². The van der Waals surface area contributed by atoms with E-state index in [1.807, 2.05) is 21.1 Å². The Morgan fingerprint density at radius 3 is 1.33 bits per heavy atom. The molecule has 8 nitrogen and oxygen atoms in total. The lowest BCUT2D eigenvalue weighted by atomic mass is 10.0. The Kier molecular flexibility index (Phi) is 36.6. The first-order valence-electron chi connectivity index (χ1n) is 22.7. The average molecular weight is 767 g/mol. The Balaban J connectivity index is 4.12. The molecule has 318 valence electrons. The number of ether oxygens (including phenoxy) is 3. The predicted octanol–water partition coefficient (Wildman–Crippen LogP) is 12.3. The minimum atomic E-state index is -0.874. The third-order valence-electron chi connectivity index (χ3n) is 10.4. The van der Waals surface area contributed by atoms with Crippen LogP contribution in [0.5, 0.6) is 0 Å². The van der Waals surface area contributed by atoms with Crippen LogP contribution in [0, 0.1) is 0 Å². The van der Waals surface area contributed by atoms with Crippen molar-refractivity contribution in [3.05, 3.63) is 12.2 Å². The van der Waals surface area contributed by atoms with E-state index in [4.69, 9.17) is 14.2 Å². The second-order valence-corrected chi connectivity index (χ2v) is 16.7. The zero-order valence-corrected chi connectivity index (χ0v) is 36.2. The van der Waals surface area contributed by atoms with Gasteiger partial charge in [-0.3, -0.25) is 9.59 Å². The number of nitrogens with zero attached hydrogens (tertiary/aromatic N) is 1. The minimum absolute atomic E-state index is 0.0483. The number of carbonyl (C=O) groups is 3. The number of unbranched alkanes of at least 4 members (excludes halogenated alkanes) is 25. The number of hydrogen-bond donors (Lipinski definition) is 1. The highest BCUT2D eigenvalue weighted by Gasteiger charge is 2.31. The summed E-state index contributed by atoms with van der Waals surface area (Å²) in [6, 6.07) is -0.610. The monoisotopic (exact) mass is 767 g/mol. The van der Waals surface area contributed by atoms with Crippen LogP contribution < -0.4 is 0 Å². The summed E-state index contributed by atoms with van der Waals surface area (Å²) in [6.07, 6.45) is 39.9. The molecule has 0 saturated carbocycles. The number of carbonyl (C=O) groups excluding carboxylic acids is 2. The van der Waals surface area contributed by atoms with Gasteiger partial charge in [-0.05, 0) is 38.5 Å². The molecular weight excluding hydrogens is 679 g/mol. The molecule has 0 aromatic heterocycles. The molecule has 54 heavy (non-hydrogen) atoms. The van der Waals surface area contributed by atoms with Crippen LogP contribution in [0.2, 0.25) is 0 Å². The van der Waals surface area contributed by atoms with E-state index >= 15 is 0 Å². The van der Waals surface area contributed by atoms with E-state index < -0.39 is 18.1 Å². The molecule has 0 heterocycles. The topological polar surface area (TPSA) is 99.1 Å². The van der Waals surface area contributed by atoms with Crippen LogP contribution in [0.1, 0.15) is 213 Å². The van der Waals surface area contributed by atoms with Gasteiger partial charge in [0.05, 0.1) is 34.4 Å².